The van der Waals surface area contributed by atoms with E-state index in [1.165, 1.54) is 16.8 Å². The molecule has 0 unspecified atom stereocenters. The Kier molecular flexibility index (Phi) is 4.43. The van der Waals surface area contributed by atoms with Crippen molar-refractivity contribution in [3.05, 3.63) is 69.3 Å². The fourth-order valence-electron chi connectivity index (χ4n) is 3.60. The van der Waals surface area contributed by atoms with Crippen LogP contribution in [0.1, 0.15) is 17.5 Å². The number of hydrogen-bond donors (Lipinski definition) is 0. The predicted molar refractivity (Wildman–Crippen MR) is 103 cm³/mol. The van der Waals surface area contributed by atoms with Crippen LogP contribution < -0.4 is 4.90 Å². The van der Waals surface area contributed by atoms with Gasteiger partial charge in [-0.2, -0.15) is 0 Å². The number of piperazine rings is 1. The van der Waals surface area contributed by atoms with Gasteiger partial charge in [0.15, 0.2) is 0 Å². The molecule has 0 saturated carbocycles. The van der Waals surface area contributed by atoms with E-state index in [4.69, 9.17) is 23.2 Å². The predicted octanol–water partition coefficient (Wildman–Crippen LogP) is 5.10. The molecule has 0 N–H and O–H groups in total. The molecule has 0 aromatic heterocycles. The highest BCUT2D eigenvalue weighted by molar-refractivity contribution is 6.42. The molecule has 1 aliphatic heterocycles. The molecule has 1 fully saturated rings. The Morgan fingerprint density at radius 2 is 1.50 bits per heavy atom. The standard InChI is InChI=1S/C20H20Cl2N2/c21-19-8-7-18(14-20(19)22)24-11-9-23(10-12-24)17-6-5-15-3-1-2-4-16(15)13-17/h1-4,7-8,13-14H,5-6,9-12H2. The molecule has 24 heavy (non-hydrogen) atoms. The van der Waals surface area contributed by atoms with E-state index in [1.54, 1.807) is 0 Å². The second kappa shape index (κ2) is 6.70. The zero-order valence-electron chi connectivity index (χ0n) is 13.5. The molecular weight excluding hydrogens is 339 g/mol. The van der Waals surface area contributed by atoms with E-state index in [0.29, 0.717) is 10.0 Å². The molecule has 2 aliphatic rings. The summed E-state index contributed by atoms with van der Waals surface area (Å²) in [5, 5.41) is 1.24. The van der Waals surface area contributed by atoms with Crippen LogP contribution in [0.4, 0.5) is 5.69 Å². The third-order valence-electron chi connectivity index (χ3n) is 4.98. The van der Waals surface area contributed by atoms with Gasteiger partial charge < -0.3 is 9.80 Å². The summed E-state index contributed by atoms with van der Waals surface area (Å²) in [6.45, 7) is 4.12. The summed E-state index contributed by atoms with van der Waals surface area (Å²) >= 11 is 12.2. The van der Waals surface area contributed by atoms with Crippen LogP contribution in [0.2, 0.25) is 10.0 Å². The minimum atomic E-state index is 0.616. The fraction of sp³-hybridized carbons (Fsp3) is 0.300. The van der Waals surface area contributed by atoms with E-state index in [9.17, 15) is 0 Å². The summed E-state index contributed by atoms with van der Waals surface area (Å²) in [6.07, 6.45) is 4.66. The van der Waals surface area contributed by atoms with E-state index in [2.05, 4.69) is 46.2 Å². The maximum absolute atomic E-state index is 6.15. The second-order valence-corrected chi connectivity index (χ2v) is 7.22. The lowest BCUT2D eigenvalue weighted by atomic mass is 9.94. The molecule has 0 spiro atoms. The van der Waals surface area contributed by atoms with Crippen molar-refractivity contribution in [3.8, 4) is 0 Å². The average Bonchev–Trinajstić information content (AvgIpc) is 2.64. The first-order chi connectivity index (χ1) is 11.7. The Labute approximate surface area is 153 Å². The van der Waals surface area contributed by atoms with Crippen LogP contribution in [0.3, 0.4) is 0 Å². The molecule has 1 aliphatic carbocycles. The summed E-state index contributed by atoms with van der Waals surface area (Å²) < 4.78 is 0. The summed E-state index contributed by atoms with van der Waals surface area (Å²) in [5.74, 6) is 0. The summed E-state index contributed by atoms with van der Waals surface area (Å²) in [4.78, 5) is 4.92. The third kappa shape index (κ3) is 3.13. The van der Waals surface area contributed by atoms with Crippen LogP contribution in [-0.4, -0.2) is 31.1 Å². The lowest BCUT2D eigenvalue weighted by Gasteiger charge is -2.39. The molecule has 1 saturated heterocycles. The van der Waals surface area contributed by atoms with Gasteiger partial charge in [0.25, 0.3) is 0 Å². The highest BCUT2D eigenvalue weighted by atomic mass is 35.5. The van der Waals surface area contributed by atoms with Gasteiger partial charge >= 0.3 is 0 Å². The Bertz CT molecular complexity index is 777. The molecule has 0 bridgehead atoms. The molecule has 2 aromatic rings. The van der Waals surface area contributed by atoms with Crippen molar-refractivity contribution >= 4 is 35.0 Å². The summed E-state index contributed by atoms with van der Waals surface area (Å²) in [7, 11) is 0. The quantitative estimate of drug-likeness (QED) is 0.736. The molecule has 4 rings (SSSR count). The Hall–Kier alpha value is -1.64. The minimum Gasteiger partial charge on any atom is -0.371 e. The number of anilines is 1. The molecule has 1 heterocycles. The smallest absolute Gasteiger partial charge is 0.0612 e. The van der Waals surface area contributed by atoms with Gasteiger partial charge in [-0.3, -0.25) is 0 Å². The van der Waals surface area contributed by atoms with Gasteiger partial charge in [0.2, 0.25) is 0 Å². The van der Waals surface area contributed by atoms with Gasteiger partial charge in [0.1, 0.15) is 0 Å². The monoisotopic (exact) mass is 358 g/mol. The lowest BCUT2D eigenvalue weighted by Crippen LogP contribution is -2.46. The number of halogens is 2. The molecule has 0 atom stereocenters. The van der Waals surface area contributed by atoms with Crippen molar-refractivity contribution in [2.24, 2.45) is 0 Å². The molecule has 2 nitrogen and oxygen atoms in total. The molecule has 4 heteroatoms. The van der Waals surface area contributed by atoms with Crippen LogP contribution in [0.15, 0.2) is 48.2 Å². The zero-order chi connectivity index (χ0) is 16.5. The highest BCUT2D eigenvalue weighted by Gasteiger charge is 2.21. The van der Waals surface area contributed by atoms with E-state index in [0.717, 1.165) is 44.7 Å². The van der Waals surface area contributed by atoms with E-state index in [1.807, 2.05) is 12.1 Å². The third-order valence-corrected chi connectivity index (χ3v) is 5.72. The maximum Gasteiger partial charge on any atom is 0.0612 e. The Morgan fingerprint density at radius 3 is 2.29 bits per heavy atom. The first-order valence-corrected chi connectivity index (χ1v) is 9.20. The van der Waals surface area contributed by atoms with Crippen LogP contribution in [0.25, 0.3) is 6.08 Å². The molecule has 0 radical (unpaired) electrons. The van der Waals surface area contributed by atoms with Gasteiger partial charge in [-0.1, -0.05) is 47.5 Å². The summed E-state index contributed by atoms with van der Waals surface area (Å²) in [5.41, 5.74) is 5.48. The summed E-state index contributed by atoms with van der Waals surface area (Å²) in [6, 6.07) is 14.6. The van der Waals surface area contributed by atoms with E-state index < -0.39 is 0 Å². The van der Waals surface area contributed by atoms with Crippen molar-refractivity contribution < 1.29 is 0 Å². The van der Waals surface area contributed by atoms with Gasteiger partial charge in [0.05, 0.1) is 10.0 Å². The van der Waals surface area contributed by atoms with E-state index in [-0.39, 0.29) is 0 Å². The van der Waals surface area contributed by atoms with Gasteiger partial charge in [-0.25, -0.2) is 0 Å². The van der Waals surface area contributed by atoms with E-state index >= 15 is 0 Å². The topological polar surface area (TPSA) is 6.48 Å². The first kappa shape index (κ1) is 15.9. The number of fused-ring (bicyclic) bond motifs is 1. The number of hydrogen-bond acceptors (Lipinski definition) is 2. The largest absolute Gasteiger partial charge is 0.371 e. The van der Waals surface area contributed by atoms with Gasteiger partial charge in [-0.05, 0) is 48.2 Å². The number of aryl methyl sites for hydroxylation is 1. The maximum atomic E-state index is 6.15. The van der Waals surface area contributed by atoms with Crippen molar-refractivity contribution in [2.75, 3.05) is 31.1 Å². The number of benzene rings is 2. The Balaban J connectivity index is 1.45. The SMILES string of the molecule is Clc1ccc(N2CCN(C3=Cc4ccccc4CC3)CC2)cc1Cl. The average molecular weight is 359 g/mol. The van der Waals surface area contributed by atoms with Crippen molar-refractivity contribution in [1.29, 1.82) is 0 Å². The molecular formula is C20H20Cl2N2. The molecule has 0 amide bonds. The highest BCUT2D eigenvalue weighted by Crippen LogP contribution is 2.30. The molecule has 2 aromatic carbocycles. The van der Waals surface area contributed by atoms with Crippen LogP contribution >= 0.6 is 23.2 Å². The zero-order valence-corrected chi connectivity index (χ0v) is 15.0. The van der Waals surface area contributed by atoms with Gasteiger partial charge in [-0.15, -0.1) is 0 Å². The number of rotatable bonds is 2. The second-order valence-electron chi connectivity index (χ2n) is 6.41. The van der Waals surface area contributed by atoms with Crippen LogP contribution in [-0.2, 0) is 6.42 Å². The fourth-order valence-corrected chi connectivity index (χ4v) is 3.89. The number of nitrogens with zero attached hydrogens (tertiary/aromatic N) is 2. The first-order valence-electron chi connectivity index (χ1n) is 8.44. The molecule has 124 valence electrons. The van der Waals surface area contributed by atoms with Crippen LogP contribution in [0.5, 0.6) is 0 Å². The van der Waals surface area contributed by atoms with Crippen molar-refractivity contribution in [2.45, 2.75) is 12.8 Å². The number of allylic oxidation sites excluding steroid dienone is 1. The minimum absolute atomic E-state index is 0.616. The normalized spacial score (nSPS) is 17.5. The van der Waals surface area contributed by atoms with Gasteiger partial charge in [0, 0.05) is 37.6 Å². The van der Waals surface area contributed by atoms with Crippen LogP contribution in [0, 0.1) is 0 Å². The lowest BCUT2D eigenvalue weighted by molar-refractivity contribution is 0.313. The van der Waals surface area contributed by atoms with Crippen molar-refractivity contribution in [1.82, 2.24) is 4.90 Å². The van der Waals surface area contributed by atoms with Crippen molar-refractivity contribution in [3.63, 3.8) is 0 Å². The Morgan fingerprint density at radius 1 is 0.750 bits per heavy atom.